The van der Waals surface area contributed by atoms with Crippen LogP contribution in [0.5, 0.6) is 5.75 Å². The fourth-order valence-corrected chi connectivity index (χ4v) is 5.51. The number of benzene rings is 2. The first-order valence-corrected chi connectivity index (χ1v) is 12.5. The lowest BCUT2D eigenvalue weighted by molar-refractivity contribution is 0.137. The molecule has 0 spiro atoms. The van der Waals surface area contributed by atoms with Crippen LogP contribution in [-0.4, -0.2) is 66.7 Å². The maximum Gasteiger partial charge on any atom is 0.167 e. The lowest BCUT2D eigenvalue weighted by Crippen LogP contribution is -2.47. The quantitative estimate of drug-likeness (QED) is 0.512. The molecule has 0 fully saturated rings. The Morgan fingerprint density at radius 2 is 1.82 bits per heavy atom. The molecule has 1 aromatic heterocycles. The first kappa shape index (κ1) is 22.7. The van der Waals surface area contributed by atoms with E-state index >= 15 is 0 Å². The number of ether oxygens (including phenoxy) is 1. The van der Waals surface area contributed by atoms with Crippen molar-refractivity contribution in [3.63, 3.8) is 0 Å². The fraction of sp³-hybridized carbons (Fsp3) is 0.321. The summed E-state index contributed by atoms with van der Waals surface area (Å²) in [7, 11) is 3.91. The highest BCUT2D eigenvalue weighted by Crippen LogP contribution is 2.28. The number of methoxy groups -OCH3 is 1. The topological polar surface area (TPSA) is 31.8 Å². The monoisotopic (exact) mass is 470 g/mol. The van der Waals surface area contributed by atoms with Gasteiger partial charge in [0.15, 0.2) is 5.01 Å². The molecule has 0 saturated carbocycles. The second-order valence-electron chi connectivity index (χ2n) is 8.88. The van der Waals surface area contributed by atoms with Crippen molar-refractivity contribution in [3.8, 4) is 28.0 Å². The second-order valence-corrected chi connectivity index (χ2v) is 9.91. The van der Waals surface area contributed by atoms with Crippen LogP contribution in [0.2, 0.25) is 0 Å². The van der Waals surface area contributed by atoms with Crippen molar-refractivity contribution in [1.82, 2.24) is 19.7 Å². The third-order valence-corrected chi connectivity index (χ3v) is 7.36. The molecule has 3 heterocycles. The lowest BCUT2D eigenvalue weighted by Gasteiger charge is -2.42. The largest absolute Gasteiger partial charge is 0.497 e. The maximum atomic E-state index is 5.24. The van der Waals surface area contributed by atoms with Crippen LogP contribution in [0, 0.1) is 11.8 Å². The summed E-state index contributed by atoms with van der Waals surface area (Å²) in [5.74, 6) is 7.51. The van der Waals surface area contributed by atoms with Crippen LogP contribution in [0.3, 0.4) is 0 Å². The first-order valence-electron chi connectivity index (χ1n) is 11.7. The van der Waals surface area contributed by atoms with Crippen LogP contribution in [0.15, 0.2) is 72.1 Å². The van der Waals surface area contributed by atoms with Crippen molar-refractivity contribution >= 4 is 11.3 Å². The maximum absolute atomic E-state index is 5.24. The van der Waals surface area contributed by atoms with E-state index in [-0.39, 0.29) is 0 Å². The molecular weight excluding hydrogens is 440 g/mol. The summed E-state index contributed by atoms with van der Waals surface area (Å²) in [5, 5.41) is 0.870. The molecule has 34 heavy (non-hydrogen) atoms. The van der Waals surface area contributed by atoms with E-state index in [1.807, 2.05) is 18.3 Å². The van der Waals surface area contributed by atoms with Crippen LogP contribution >= 0.6 is 11.3 Å². The number of hydrogen-bond donors (Lipinski definition) is 0. The summed E-state index contributed by atoms with van der Waals surface area (Å²) >= 11 is 1.64. The lowest BCUT2D eigenvalue weighted by atomic mass is 10.0. The van der Waals surface area contributed by atoms with Crippen LogP contribution in [0.4, 0.5) is 0 Å². The highest BCUT2D eigenvalue weighted by Gasteiger charge is 2.27. The van der Waals surface area contributed by atoms with Gasteiger partial charge in [0.2, 0.25) is 0 Å². The Morgan fingerprint density at radius 3 is 2.62 bits per heavy atom. The van der Waals surface area contributed by atoms with Gasteiger partial charge < -0.3 is 9.64 Å². The Labute approximate surface area is 206 Å². The summed E-state index contributed by atoms with van der Waals surface area (Å²) < 4.78 is 5.24. The van der Waals surface area contributed by atoms with Gasteiger partial charge in [-0.15, -0.1) is 11.3 Å². The highest BCUT2D eigenvalue weighted by atomic mass is 32.1. The van der Waals surface area contributed by atoms with Gasteiger partial charge in [-0.05, 0) is 46.9 Å². The third kappa shape index (κ3) is 5.34. The van der Waals surface area contributed by atoms with Gasteiger partial charge >= 0.3 is 0 Å². The van der Waals surface area contributed by atoms with Crippen molar-refractivity contribution < 1.29 is 4.74 Å². The summed E-state index contributed by atoms with van der Waals surface area (Å²) in [4.78, 5) is 13.1. The zero-order chi connectivity index (χ0) is 23.3. The van der Waals surface area contributed by atoms with E-state index in [1.165, 1.54) is 16.8 Å². The Bertz CT molecular complexity index is 1210. The zero-order valence-corrected chi connectivity index (χ0v) is 20.6. The van der Waals surface area contributed by atoms with Gasteiger partial charge in [-0.25, -0.2) is 4.98 Å². The molecular formula is C28H30N4OS. The van der Waals surface area contributed by atoms with Gasteiger partial charge in [0.25, 0.3) is 0 Å². The molecule has 174 valence electrons. The smallest absolute Gasteiger partial charge is 0.167 e. The first-order chi connectivity index (χ1) is 16.7. The average molecular weight is 471 g/mol. The van der Waals surface area contributed by atoms with E-state index in [0.717, 1.165) is 67.0 Å². The van der Waals surface area contributed by atoms with Gasteiger partial charge in [0.05, 0.1) is 25.2 Å². The Morgan fingerprint density at radius 1 is 1.03 bits per heavy atom. The Hall–Kier alpha value is -3.11. The molecule has 0 aliphatic carbocycles. The average Bonchev–Trinajstić information content (AvgIpc) is 3.33. The standard InChI is InChI=1S/C28H30N4OS/c1-30-21-32(18-22-7-4-3-5-8-22)20-24-19-31(16-14-26(24)30)15-6-9-28-29-17-27(34-28)23-10-12-25(33-2)13-11-23/h3-5,7-8,10-13,17H,14-16,18-21H2,1-2H3. The molecule has 2 aliphatic heterocycles. The van der Waals surface area contributed by atoms with E-state index in [9.17, 15) is 0 Å². The number of thiazole rings is 1. The van der Waals surface area contributed by atoms with Crippen LogP contribution in [0.1, 0.15) is 17.0 Å². The van der Waals surface area contributed by atoms with Gasteiger partial charge in [0, 0.05) is 51.5 Å². The van der Waals surface area contributed by atoms with Crippen molar-refractivity contribution in [2.24, 2.45) is 0 Å². The van der Waals surface area contributed by atoms with Gasteiger partial charge in [-0.1, -0.05) is 36.3 Å². The molecule has 0 atom stereocenters. The van der Waals surface area contributed by atoms with Crippen LogP contribution < -0.4 is 4.74 Å². The van der Waals surface area contributed by atoms with Gasteiger partial charge in [-0.2, -0.15) is 0 Å². The normalized spacial score (nSPS) is 16.7. The van der Waals surface area contributed by atoms with E-state index in [1.54, 1.807) is 18.4 Å². The predicted molar refractivity (Wildman–Crippen MR) is 139 cm³/mol. The van der Waals surface area contributed by atoms with Gasteiger partial charge in [0.1, 0.15) is 5.75 Å². The third-order valence-electron chi connectivity index (χ3n) is 6.40. The minimum absolute atomic E-state index is 0.774. The molecule has 3 aromatic rings. The van der Waals surface area contributed by atoms with E-state index in [0.29, 0.717) is 0 Å². The van der Waals surface area contributed by atoms with Crippen molar-refractivity contribution in [1.29, 1.82) is 0 Å². The molecule has 0 bridgehead atoms. The van der Waals surface area contributed by atoms with Crippen molar-refractivity contribution in [2.75, 3.05) is 47.0 Å². The fourth-order valence-electron chi connectivity index (χ4n) is 4.72. The number of aromatic nitrogens is 1. The summed E-state index contributed by atoms with van der Waals surface area (Å²) in [6.07, 6.45) is 3.01. The molecule has 0 amide bonds. The molecule has 2 aliphatic rings. The number of nitrogens with zero attached hydrogens (tertiary/aromatic N) is 4. The predicted octanol–water partition coefficient (Wildman–Crippen LogP) is 4.54. The molecule has 0 N–H and O–H groups in total. The molecule has 0 unspecified atom stereocenters. The molecule has 5 nitrogen and oxygen atoms in total. The van der Waals surface area contributed by atoms with Gasteiger partial charge in [-0.3, -0.25) is 9.80 Å². The van der Waals surface area contributed by atoms with E-state index < -0.39 is 0 Å². The highest BCUT2D eigenvalue weighted by molar-refractivity contribution is 7.15. The Kier molecular flexibility index (Phi) is 6.96. The Balaban J connectivity index is 1.18. The minimum Gasteiger partial charge on any atom is -0.497 e. The number of hydrogen-bond acceptors (Lipinski definition) is 6. The molecule has 6 heteroatoms. The van der Waals surface area contributed by atoms with Crippen LogP contribution in [-0.2, 0) is 6.54 Å². The summed E-state index contributed by atoms with van der Waals surface area (Å²) in [6.45, 7) is 5.85. The number of rotatable bonds is 5. The minimum atomic E-state index is 0.774. The van der Waals surface area contributed by atoms with Crippen molar-refractivity contribution in [2.45, 2.75) is 13.0 Å². The SMILES string of the molecule is COc1ccc(-c2cnc(C#CCN3CCC4=C(C3)CN(Cc3ccccc3)CN4C)s2)cc1. The molecule has 0 radical (unpaired) electrons. The molecule has 0 saturated heterocycles. The molecule has 2 aromatic carbocycles. The second kappa shape index (κ2) is 10.4. The van der Waals surface area contributed by atoms with E-state index in [4.69, 9.17) is 4.74 Å². The van der Waals surface area contributed by atoms with Crippen LogP contribution in [0.25, 0.3) is 10.4 Å². The van der Waals surface area contributed by atoms with Crippen molar-refractivity contribution in [3.05, 3.63) is 82.6 Å². The molecule has 5 rings (SSSR count). The summed E-state index contributed by atoms with van der Waals surface area (Å²) in [6, 6.07) is 18.8. The van der Waals surface area contributed by atoms with E-state index in [2.05, 4.69) is 81.0 Å². The zero-order valence-electron chi connectivity index (χ0n) is 19.8. The summed E-state index contributed by atoms with van der Waals surface area (Å²) in [5.41, 5.74) is 5.57.